The molecule has 0 bridgehead atoms. The molecule has 1 spiro atoms. The molecule has 2 N–H and O–H groups in total. The van der Waals surface area contributed by atoms with E-state index >= 15 is 0 Å². The van der Waals surface area contributed by atoms with E-state index in [0.29, 0.717) is 6.42 Å². The number of hydrogen-bond acceptors (Lipinski definition) is 3. The highest BCUT2D eigenvalue weighted by atomic mass is 16.1. The first-order valence-corrected chi connectivity index (χ1v) is 10.1. The highest BCUT2D eigenvalue weighted by Gasteiger charge is 2.42. The fourth-order valence-electron chi connectivity index (χ4n) is 4.56. The summed E-state index contributed by atoms with van der Waals surface area (Å²) < 4.78 is 0. The van der Waals surface area contributed by atoms with E-state index in [4.69, 9.17) is 4.99 Å². The van der Waals surface area contributed by atoms with Crippen molar-refractivity contribution >= 4 is 11.9 Å². The molecule has 25 heavy (non-hydrogen) atoms. The largest absolute Gasteiger partial charge is 0.357 e. The predicted octanol–water partition coefficient (Wildman–Crippen LogP) is 1.29. The Balaban J connectivity index is 1.55. The molecule has 0 aromatic heterocycles. The van der Waals surface area contributed by atoms with Gasteiger partial charge >= 0.3 is 0 Å². The van der Waals surface area contributed by atoms with Crippen LogP contribution in [0.2, 0.25) is 0 Å². The Bertz CT molecular complexity index is 486. The first-order valence-electron chi connectivity index (χ1n) is 10.1. The van der Waals surface area contributed by atoms with E-state index in [-0.39, 0.29) is 11.3 Å². The van der Waals surface area contributed by atoms with Gasteiger partial charge in [0.25, 0.3) is 0 Å². The number of amides is 1. The minimum atomic E-state index is 0.124. The summed E-state index contributed by atoms with van der Waals surface area (Å²) in [5.74, 6) is 2.09. The molecular formula is C19H35N5O. The van der Waals surface area contributed by atoms with Crippen LogP contribution in [0.5, 0.6) is 0 Å². The van der Waals surface area contributed by atoms with Gasteiger partial charge in [-0.05, 0) is 65.1 Å². The first-order chi connectivity index (χ1) is 12.1. The summed E-state index contributed by atoms with van der Waals surface area (Å²) in [5, 5.41) is 6.51. The summed E-state index contributed by atoms with van der Waals surface area (Å²) in [6.45, 7) is 9.23. The zero-order valence-corrected chi connectivity index (χ0v) is 16.0. The Kier molecular flexibility index (Phi) is 6.20. The standard InChI is InChI=1S/C19H35N5O/c1-3-20-18(21-9-5-16-6-11-23(2)12-7-16)24-10-4-8-19(15-24)13-17(25)22-14-19/h16H,3-15H2,1-2H3,(H,20,21)(H,22,25). The molecule has 3 saturated heterocycles. The molecule has 0 aliphatic carbocycles. The van der Waals surface area contributed by atoms with Gasteiger partial charge in [0.1, 0.15) is 0 Å². The highest BCUT2D eigenvalue weighted by molar-refractivity contribution is 5.81. The third-order valence-corrected chi connectivity index (χ3v) is 6.13. The van der Waals surface area contributed by atoms with Crippen molar-refractivity contribution in [3.05, 3.63) is 0 Å². The Labute approximate surface area is 152 Å². The number of nitrogens with zero attached hydrogens (tertiary/aromatic N) is 3. The van der Waals surface area contributed by atoms with Gasteiger partial charge in [-0.3, -0.25) is 9.79 Å². The number of piperidine rings is 2. The van der Waals surface area contributed by atoms with Crippen molar-refractivity contribution in [2.45, 2.75) is 45.4 Å². The van der Waals surface area contributed by atoms with Gasteiger partial charge in [-0.2, -0.15) is 0 Å². The quantitative estimate of drug-likeness (QED) is 0.593. The molecule has 0 aromatic carbocycles. The van der Waals surface area contributed by atoms with Crippen molar-refractivity contribution in [3.8, 4) is 0 Å². The van der Waals surface area contributed by atoms with E-state index in [9.17, 15) is 4.79 Å². The number of nitrogens with one attached hydrogen (secondary N) is 2. The van der Waals surface area contributed by atoms with Crippen LogP contribution in [-0.2, 0) is 4.79 Å². The first kappa shape index (κ1) is 18.5. The molecule has 3 aliphatic rings. The third kappa shape index (κ3) is 4.87. The van der Waals surface area contributed by atoms with E-state index in [1.807, 2.05) is 0 Å². The van der Waals surface area contributed by atoms with Crippen LogP contribution in [0.3, 0.4) is 0 Å². The minimum Gasteiger partial charge on any atom is -0.357 e. The molecular weight excluding hydrogens is 314 g/mol. The number of carbonyl (C=O) groups excluding carboxylic acids is 1. The zero-order chi connectivity index (χ0) is 17.7. The van der Waals surface area contributed by atoms with Gasteiger partial charge in [0.15, 0.2) is 5.96 Å². The number of aliphatic imine (C=N–C) groups is 1. The van der Waals surface area contributed by atoms with Crippen LogP contribution in [0.4, 0.5) is 0 Å². The summed E-state index contributed by atoms with van der Waals surface area (Å²) in [6.07, 6.45) is 6.79. The van der Waals surface area contributed by atoms with Crippen LogP contribution in [0.1, 0.15) is 45.4 Å². The van der Waals surface area contributed by atoms with Crippen LogP contribution >= 0.6 is 0 Å². The molecule has 3 aliphatic heterocycles. The van der Waals surface area contributed by atoms with Crippen LogP contribution in [-0.4, -0.2) is 74.5 Å². The second-order valence-corrected chi connectivity index (χ2v) is 8.25. The average molecular weight is 350 g/mol. The lowest BCUT2D eigenvalue weighted by atomic mass is 9.79. The molecule has 1 unspecified atom stereocenters. The molecule has 1 amide bonds. The normalized spacial score (nSPS) is 29.3. The van der Waals surface area contributed by atoms with Crippen molar-refractivity contribution < 1.29 is 4.79 Å². The predicted molar refractivity (Wildman–Crippen MR) is 102 cm³/mol. The fourth-order valence-corrected chi connectivity index (χ4v) is 4.56. The van der Waals surface area contributed by atoms with E-state index in [1.165, 1.54) is 32.4 Å². The van der Waals surface area contributed by atoms with Crippen molar-refractivity contribution in [2.75, 3.05) is 52.9 Å². The molecule has 6 heteroatoms. The molecule has 3 rings (SSSR count). The van der Waals surface area contributed by atoms with Gasteiger partial charge in [-0.15, -0.1) is 0 Å². The lowest BCUT2D eigenvalue weighted by Gasteiger charge is -2.40. The molecule has 3 heterocycles. The van der Waals surface area contributed by atoms with Crippen LogP contribution in [0.25, 0.3) is 0 Å². The molecule has 142 valence electrons. The minimum absolute atomic E-state index is 0.124. The second kappa shape index (κ2) is 8.39. The van der Waals surface area contributed by atoms with Crippen LogP contribution in [0.15, 0.2) is 4.99 Å². The van der Waals surface area contributed by atoms with Gasteiger partial charge in [0.05, 0.1) is 0 Å². The molecule has 0 aromatic rings. The topological polar surface area (TPSA) is 60.0 Å². The molecule has 1 atom stereocenters. The SMILES string of the molecule is CCNC(=NCCC1CCN(C)CC1)N1CCCC2(CNC(=O)C2)C1. The van der Waals surface area contributed by atoms with E-state index in [2.05, 4.69) is 34.4 Å². The van der Waals surface area contributed by atoms with Crippen LogP contribution in [0, 0.1) is 11.3 Å². The summed E-state index contributed by atoms with van der Waals surface area (Å²) in [4.78, 5) is 21.5. The highest BCUT2D eigenvalue weighted by Crippen LogP contribution is 2.36. The fraction of sp³-hybridized carbons (Fsp3) is 0.895. The Morgan fingerprint density at radius 1 is 1.36 bits per heavy atom. The number of likely N-dealkylation sites (tertiary alicyclic amines) is 2. The maximum Gasteiger partial charge on any atom is 0.220 e. The van der Waals surface area contributed by atoms with Crippen molar-refractivity contribution in [1.29, 1.82) is 0 Å². The smallest absolute Gasteiger partial charge is 0.220 e. The van der Waals surface area contributed by atoms with Crippen LogP contribution < -0.4 is 10.6 Å². The van der Waals surface area contributed by atoms with Crippen molar-refractivity contribution in [1.82, 2.24) is 20.4 Å². The van der Waals surface area contributed by atoms with Gasteiger partial charge in [-0.1, -0.05) is 0 Å². The number of hydrogen-bond donors (Lipinski definition) is 2. The average Bonchev–Trinajstić information content (AvgIpc) is 2.96. The maximum atomic E-state index is 11.7. The Morgan fingerprint density at radius 2 is 2.16 bits per heavy atom. The summed E-state index contributed by atoms with van der Waals surface area (Å²) in [7, 11) is 2.21. The molecule has 6 nitrogen and oxygen atoms in total. The molecule has 3 fully saturated rings. The Hall–Kier alpha value is -1.30. The lowest BCUT2D eigenvalue weighted by molar-refractivity contribution is -0.119. The number of carbonyl (C=O) groups is 1. The van der Waals surface area contributed by atoms with E-state index in [0.717, 1.165) is 57.4 Å². The van der Waals surface area contributed by atoms with Crippen molar-refractivity contribution in [3.63, 3.8) is 0 Å². The summed E-state index contributed by atoms with van der Waals surface area (Å²) >= 11 is 0. The van der Waals surface area contributed by atoms with E-state index < -0.39 is 0 Å². The number of guanidine groups is 1. The Morgan fingerprint density at radius 3 is 2.84 bits per heavy atom. The maximum absolute atomic E-state index is 11.7. The van der Waals surface area contributed by atoms with Gasteiger partial charge in [-0.25, -0.2) is 0 Å². The van der Waals surface area contributed by atoms with Crippen molar-refractivity contribution in [2.24, 2.45) is 16.3 Å². The third-order valence-electron chi connectivity index (χ3n) is 6.13. The molecule has 0 saturated carbocycles. The number of rotatable bonds is 4. The van der Waals surface area contributed by atoms with Gasteiger partial charge in [0, 0.05) is 44.6 Å². The summed E-state index contributed by atoms with van der Waals surface area (Å²) in [5.41, 5.74) is 0.124. The van der Waals surface area contributed by atoms with Gasteiger partial charge in [0.2, 0.25) is 5.91 Å². The van der Waals surface area contributed by atoms with E-state index in [1.54, 1.807) is 0 Å². The molecule has 0 radical (unpaired) electrons. The summed E-state index contributed by atoms with van der Waals surface area (Å²) in [6, 6.07) is 0. The lowest BCUT2D eigenvalue weighted by Crippen LogP contribution is -2.51. The monoisotopic (exact) mass is 349 g/mol. The zero-order valence-electron chi connectivity index (χ0n) is 16.0. The van der Waals surface area contributed by atoms with Gasteiger partial charge < -0.3 is 20.4 Å². The second-order valence-electron chi connectivity index (χ2n) is 8.25.